The number of piperazine rings is 1. The van der Waals surface area contributed by atoms with Crippen LogP contribution in [0.5, 0.6) is 0 Å². The predicted octanol–water partition coefficient (Wildman–Crippen LogP) is 3.08. The van der Waals surface area contributed by atoms with Gasteiger partial charge in [-0.05, 0) is 42.7 Å². The monoisotopic (exact) mass is 451 g/mol. The number of hydrogen-bond acceptors (Lipinski definition) is 5. The molecule has 0 saturated carbocycles. The van der Waals surface area contributed by atoms with Gasteiger partial charge in [0.2, 0.25) is 0 Å². The van der Waals surface area contributed by atoms with Crippen LogP contribution in [-0.2, 0) is 9.53 Å². The molecular weight excluding hydrogens is 425 g/mol. The number of fused-ring (bicyclic) bond motifs is 2. The Balaban J connectivity index is 1.45. The minimum atomic E-state index is -0.428. The molecule has 2 unspecified atom stereocenters. The largest absolute Gasteiger partial charge is 0.343 e. The second kappa shape index (κ2) is 8.22. The molecule has 8 nitrogen and oxygen atoms in total. The van der Waals surface area contributed by atoms with Crippen molar-refractivity contribution in [1.82, 2.24) is 24.4 Å². The first kappa shape index (κ1) is 21.5. The number of nitrogens with zero attached hydrogens (tertiary/aromatic N) is 5. The zero-order valence-corrected chi connectivity index (χ0v) is 18.9. The molecule has 172 valence electrons. The molecule has 1 aromatic carbocycles. The molecule has 33 heavy (non-hydrogen) atoms. The van der Waals surface area contributed by atoms with E-state index < -0.39 is 12.3 Å². The molecule has 0 aliphatic carbocycles. The summed E-state index contributed by atoms with van der Waals surface area (Å²) in [5.74, 6) is -0.374. The topological polar surface area (TPSA) is 80.0 Å². The van der Waals surface area contributed by atoms with Gasteiger partial charge in [-0.2, -0.15) is 5.10 Å². The summed E-state index contributed by atoms with van der Waals surface area (Å²) >= 11 is 0. The van der Waals surface area contributed by atoms with Crippen LogP contribution in [0.25, 0.3) is 16.9 Å². The number of amides is 2. The summed E-state index contributed by atoms with van der Waals surface area (Å²) in [6.07, 6.45) is 1.42. The molecule has 4 heterocycles. The van der Waals surface area contributed by atoms with Crippen molar-refractivity contribution in [3.05, 3.63) is 53.6 Å². The van der Waals surface area contributed by atoms with Crippen LogP contribution in [-0.4, -0.2) is 68.2 Å². The van der Waals surface area contributed by atoms with Gasteiger partial charge in [0.25, 0.3) is 11.8 Å². The lowest BCUT2D eigenvalue weighted by Crippen LogP contribution is -2.53. The highest BCUT2D eigenvalue weighted by Crippen LogP contribution is 2.27. The van der Waals surface area contributed by atoms with Crippen molar-refractivity contribution in [2.45, 2.75) is 45.4 Å². The maximum absolute atomic E-state index is 13.4. The van der Waals surface area contributed by atoms with Gasteiger partial charge in [-0.3, -0.25) is 9.59 Å². The van der Waals surface area contributed by atoms with E-state index in [-0.39, 0.29) is 23.5 Å². The van der Waals surface area contributed by atoms with Crippen LogP contribution in [0.2, 0.25) is 0 Å². The van der Waals surface area contributed by atoms with Crippen LogP contribution in [0, 0.1) is 5.82 Å². The number of carbonyl (C=O) groups is 2. The molecule has 2 amide bonds. The normalized spacial score (nSPS) is 20.7. The summed E-state index contributed by atoms with van der Waals surface area (Å²) < 4.78 is 20.8. The van der Waals surface area contributed by atoms with E-state index in [0.717, 1.165) is 11.1 Å². The molecule has 5 rings (SSSR count). The fourth-order valence-corrected chi connectivity index (χ4v) is 4.46. The molecule has 3 aromatic rings. The summed E-state index contributed by atoms with van der Waals surface area (Å²) in [5, 5.41) is 4.63. The standard InChI is InChI=1S/C24H26FN5O3/c1-4-20-24(32)29-10-9-28(13-21(29)33-20)23(31)19-12-30-22(26-19)17(14(2)3)11-18(27-30)15-5-7-16(25)8-6-15/h5-8,11-12,14,20-21H,4,9-10,13H2,1-3H3. The number of imidazole rings is 1. The molecular formula is C24H26FN5O3. The average molecular weight is 452 g/mol. The van der Waals surface area contributed by atoms with Crippen molar-refractivity contribution < 1.29 is 18.7 Å². The summed E-state index contributed by atoms with van der Waals surface area (Å²) in [7, 11) is 0. The molecule has 2 fully saturated rings. The van der Waals surface area contributed by atoms with E-state index in [9.17, 15) is 14.0 Å². The van der Waals surface area contributed by atoms with Crippen molar-refractivity contribution in [2.24, 2.45) is 0 Å². The molecule has 0 spiro atoms. The first-order valence-corrected chi connectivity index (χ1v) is 11.3. The molecule has 2 saturated heterocycles. The van der Waals surface area contributed by atoms with E-state index >= 15 is 0 Å². The Morgan fingerprint density at radius 1 is 1.24 bits per heavy atom. The molecule has 2 aromatic heterocycles. The van der Waals surface area contributed by atoms with Gasteiger partial charge in [-0.25, -0.2) is 13.9 Å². The Morgan fingerprint density at radius 2 is 2.00 bits per heavy atom. The molecule has 2 atom stereocenters. The number of carbonyl (C=O) groups excluding carboxylic acids is 2. The van der Waals surface area contributed by atoms with Crippen molar-refractivity contribution in [2.75, 3.05) is 19.6 Å². The van der Waals surface area contributed by atoms with Crippen molar-refractivity contribution >= 4 is 17.5 Å². The second-order valence-corrected chi connectivity index (χ2v) is 8.81. The van der Waals surface area contributed by atoms with E-state index in [1.54, 1.807) is 32.6 Å². The number of ether oxygens (including phenoxy) is 1. The SMILES string of the molecule is CCC1OC2CN(C(=O)c3cn4nc(-c5ccc(F)cc5)cc(C(C)C)c4n3)CCN2C1=O. The van der Waals surface area contributed by atoms with Gasteiger partial charge in [-0.15, -0.1) is 0 Å². The van der Waals surface area contributed by atoms with E-state index in [0.29, 0.717) is 43.1 Å². The molecule has 2 aliphatic rings. The predicted molar refractivity (Wildman–Crippen MR) is 119 cm³/mol. The molecule has 2 aliphatic heterocycles. The summed E-state index contributed by atoms with van der Waals surface area (Å²) in [5.41, 5.74) is 3.33. The number of halogens is 1. The first-order chi connectivity index (χ1) is 15.9. The number of hydrogen-bond donors (Lipinski definition) is 0. The highest BCUT2D eigenvalue weighted by atomic mass is 19.1. The van der Waals surface area contributed by atoms with Gasteiger partial charge in [-0.1, -0.05) is 20.8 Å². The Morgan fingerprint density at radius 3 is 2.70 bits per heavy atom. The third-order valence-corrected chi connectivity index (χ3v) is 6.31. The third-order valence-electron chi connectivity index (χ3n) is 6.31. The third kappa shape index (κ3) is 3.76. The molecule has 9 heteroatoms. The summed E-state index contributed by atoms with van der Waals surface area (Å²) in [4.78, 5) is 33.7. The van der Waals surface area contributed by atoms with E-state index in [4.69, 9.17) is 4.74 Å². The Bertz CT molecular complexity index is 1220. The minimum Gasteiger partial charge on any atom is -0.343 e. The first-order valence-electron chi connectivity index (χ1n) is 11.3. The fraction of sp³-hybridized carbons (Fsp3) is 0.417. The number of benzene rings is 1. The lowest BCUT2D eigenvalue weighted by atomic mass is 10.0. The number of aromatic nitrogens is 3. The quantitative estimate of drug-likeness (QED) is 0.609. The van der Waals surface area contributed by atoms with Crippen molar-refractivity contribution in [3.63, 3.8) is 0 Å². The zero-order chi connectivity index (χ0) is 23.3. The van der Waals surface area contributed by atoms with Crippen LogP contribution >= 0.6 is 0 Å². The van der Waals surface area contributed by atoms with Crippen LogP contribution < -0.4 is 0 Å². The lowest BCUT2D eigenvalue weighted by molar-refractivity contribution is -0.131. The fourth-order valence-electron chi connectivity index (χ4n) is 4.46. The van der Waals surface area contributed by atoms with Gasteiger partial charge in [0, 0.05) is 24.2 Å². The van der Waals surface area contributed by atoms with Gasteiger partial charge in [0.1, 0.15) is 17.6 Å². The van der Waals surface area contributed by atoms with E-state index in [1.165, 1.54) is 12.1 Å². The van der Waals surface area contributed by atoms with Gasteiger partial charge >= 0.3 is 0 Å². The van der Waals surface area contributed by atoms with Crippen LogP contribution in [0.15, 0.2) is 36.5 Å². The molecule has 0 bridgehead atoms. The van der Waals surface area contributed by atoms with Crippen molar-refractivity contribution in [1.29, 1.82) is 0 Å². The number of rotatable bonds is 4. The molecule has 0 radical (unpaired) electrons. The minimum absolute atomic E-state index is 0.00132. The van der Waals surface area contributed by atoms with Crippen LogP contribution in [0.3, 0.4) is 0 Å². The molecule has 0 N–H and O–H groups in total. The Hall–Kier alpha value is -3.33. The highest BCUT2D eigenvalue weighted by molar-refractivity contribution is 5.93. The smallest absolute Gasteiger partial charge is 0.274 e. The second-order valence-electron chi connectivity index (χ2n) is 8.81. The summed E-state index contributed by atoms with van der Waals surface area (Å²) in [6.45, 7) is 7.22. The Labute approximate surface area is 191 Å². The van der Waals surface area contributed by atoms with E-state index in [2.05, 4.69) is 23.9 Å². The summed E-state index contributed by atoms with van der Waals surface area (Å²) in [6, 6.07) is 8.11. The van der Waals surface area contributed by atoms with Gasteiger partial charge in [0.15, 0.2) is 11.9 Å². The van der Waals surface area contributed by atoms with E-state index in [1.807, 2.05) is 13.0 Å². The van der Waals surface area contributed by atoms with Crippen LogP contribution in [0.1, 0.15) is 49.2 Å². The van der Waals surface area contributed by atoms with Crippen LogP contribution in [0.4, 0.5) is 4.39 Å². The van der Waals surface area contributed by atoms with Gasteiger partial charge in [0.05, 0.1) is 18.4 Å². The maximum atomic E-state index is 13.4. The maximum Gasteiger partial charge on any atom is 0.274 e. The lowest BCUT2D eigenvalue weighted by Gasteiger charge is -2.35. The van der Waals surface area contributed by atoms with Crippen molar-refractivity contribution in [3.8, 4) is 11.3 Å². The highest BCUT2D eigenvalue weighted by Gasteiger charge is 2.43. The zero-order valence-electron chi connectivity index (χ0n) is 18.9. The average Bonchev–Trinajstić information content (AvgIpc) is 3.38. The van der Waals surface area contributed by atoms with Gasteiger partial charge < -0.3 is 14.5 Å². The Kier molecular flexibility index (Phi) is 5.36.